The molecule has 0 aliphatic rings. The van der Waals surface area contributed by atoms with E-state index in [-0.39, 0.29) is 0 Å². The number of quaternary nitrogens is 1. The fourth-order valence-corrected chi connectivity index (χ4v) is 2.64. The molecule has 0 fully saturated rings. The van der Waals surface area contributed by atoms with Gasteiger partial charge in [0.15, 0.2) is 0 Å². The van der Waals surface area contributed by atoms with Crippen LogP contribution >= 0.6 is 0 Å². The van der Waals surface area contributed by atoms with Gasteiger partial charge in [0.1, 0.15) is 0 Å². The first kappa shape index (κ1) is 24.2. The van der Waals surface area contributed by atoms with Gasteiger partial charge in [0.2, 0.25) is 0 Å². The highest BCUT2D eigenvalue weighted by Crippen LogP contribution is 2.16. The number of rotatable bonds is 12. The van der Waals surface area contributed by atoms with E-state index in [0.29, 0.717) is 0 Å². The molecule has 0 aromatic rings. The Hall–Kier alpha value is -0.0800. The molecular weight excluding hydrogens is 270 g/mol. The molecule has 22 heavy (non-hydrogen) atoms. The van der Waals surface area contributed by atoms with E-state index in [9.17, 15) is 5.11 Å². The van der Waals surface area contributed by atoms with Gasteiger partial charge >= 0.3 is 0 Å². The van der Waals surface area contributed by atoms with Gasteiger partial charge in [-0.15, -0.1) is 5.60 Å². The molecule has 2 heteroatoms. The molecule has 0 rings (SSSR count). The van der Waals surface area contributed by atoms with Crippen molar-refractivity contribution < 1.29 is 9.59 Å². The van der Waals surface area contributed by atoms with Gasteiger partial charge in [-0.3, -0.25) is 0 Å². The Labute approximate surface area is 141 Å². The zero-order valence-corrected chi connectivity index (χ0v) is 16.8. The minimum Gasteiger partial charge on any atom is -0.850 e. The third kappa shape index (κ3) is 18.0. The largest absolute Gasteiger partial charge is 0.850 e. The molecule has 0 spiro atoms. The summed E-state index contributed by atoms with van der Waals surface area (Å²) in [5, 5.41) is 10.1. The van der Waals surface area contributed by atoms with Crippen molar-refractivity contribution in [3.05, 3.63) is 0 Å². The lowest BCUT2D eigenvalue weighted by Crippen LogP contribution is -2.50. The van der Waals surface area contributed by atoms with Crippen molar-refractivity contribution in [3.63, 3.8) is 0 Å². The molecule has 136 valence electrons. The third-order valence-electron chi connectivity index (χ3n) is 3.94. The molecule has 0 aromatic carbocycles. The SMILES string of the molecule is CC(C)(C)[O-].CCCC[N+](CCCC)(CCCC)CCCC. The molecular formula is C20H45NO. The maximum absolute atomic E-state index is 10.1. The molecule has 0 aromatic heterocycles. The quantitative estimate of drug-likeness (QED) is 0.457. The van der Waals surface area contributed by atoms with E-state index < -0.39 is 5.60 Å². The molecule has 0 saturated heterocycles. The maximum Gasteiger partial charge on any atom is 0.0786 e. The van der Waals surface area contributed by atoms with E-state index in [4.69, 9.17) is 0 Å². The summed E-state index contributed by atoms with van der Waals surface area (Å²) < 4.78 is 1.42. The van der Waals surface area contributed by atoms with Crippen LogP contribution in [-0.4, -0.2) is 36.3 Å². The van der Waals surface area contributed by atoms with Gasteiger partial charge in [0.05, 0.1) is 26.2 Å². The third-order valence-corrected chi connectivity index (χ3v) is 3.94. The van der Waals surface area contributed by atoms with Crippen LogP contribution in [0.5, 0.6) is 0 Å². The van der Waals surface area contributed by atoms with Crippen LogP contribution in [0.3, 0.4) is 0 Å². The number of nitrogens with zero attached hydrogens (tertiary/aromatic N) is 1. The topological polar surface area (TPSA) is 23.1 Å². The van der Waals surface area contributed by atoms with Gasteiger partial charge in [0.25, 0.3) is 0 Å². The van der Waals surface area contributed by atoms with E-state index in [1.165, 1.54) is 82.0 Å². The van der Waals surface area contributed by atoms with Crippen LogP contribution in [0.25, 0.3) is 0 Å². The van der Waals surface area contributed by atoms with E-state index in [1.54, 1.807) is 20.8 Å². The van der Waals surface area contributed by atoms with Crippen LogP contribution in [0.2, 0.25) is 0 Å². The fourth-order valence-electron chi connectivity index (χ4n) is 2.64. The predicted octanol–water partition coefficient (Wildman–Crippen LogP) is 5.15. The standard InChI is InChI=1S/C16H36N.C4H9O/c1-5-9-13-17(14-10-6-2,15-11-7-3)16-12-8-4;1-4(2,3)5/h5-16H2,1-4H3;1-3H3/q+1;-1. The smallest absolute Gasteiger partial charge is 0.0786 e. The number of hydrogen-bond donors (Lipinski definition) is 0. The van der Waals surface area contributed by atoms with Gasteiger partial charge in [0, 0.05) is 0 Å². The van der Waals surface area contributed by atoms with E-state index in [2.05, 4.69) is 27.7 Å². The number of hydrogen-bond acceptors (Lipinski definition) is 1. The van der Waals surface area contributed by atoms with Crippen molar-refractivity contribution in [2.24, 2.45) is 0 Å². The van der Waals surface area contributed by atoms with E-state index in [1.807, 2.05) is 0 Å². The average molecular weight is 316 g/mol. The summed E-state index contributed by atoms with van der Waals surface area (Å²) in [4.78, 5) is 0. The molecule has 0 radical (unpaired) electrons. The summed E-state index contributed by atoms with van der Waals surface area (Å²) in [5.41, 5.74) is -0.750. The summed E-state index contributed by atoms with van der Waals surface area (Å²) in [6, 6.07) is 0. The van der Waals surface area contributed by atoms with Gasteiger partial charge < -0.3 is 9.59 Å². The van der Waals surface area contributed by atoms with Crippen molar-refractivity contribution in [1.29, 1.82) is 0 Å². The molecule has 2 nitrogen and oxygen atoms in total. The Balaban J connectivity index is 0. The van der Waals surface area contributed by atoms with Crippen LogP contribution in [0.1, 0.15) is 99.8 Å². The Morgan fingerprint density at radius 1 is 0.591 bits per heavy atom. The minimum atomic E-state index is -0.750. The van der Waals surface area contributed by atoms with Gasteiger partial charge in [-0.25, -0.2) is 0 Å². The van der Waals surface area contributed by atoms with Crippen LogP contribution in [0.15, 0.2) is 0 Å². The zero-order valence-electron chi connectivity index (χ0n) is 16.8. The first-order valence-corrected chi connectivity index (χ1v) is 9.80. The number of unbranched alkanes of at least 4 members (excludes halogenated alkanes) is 4. The highest BCUT2D eigenvalue weighted by atomic mass is 16.3. The van der Waals surface area contributed by atoms with Crippen molar-refractivity contribution in [3.8, 4) is 0 Å². The summed E-state index contributed by atoms with van der Waals surface area (Å²) in [5.74, 6) is 0. The molecule has 0 amide bonds. The van der Waals surface area contributed by atoms with Crippen LogP contribution in [0.4, 0.5) is 0 Å². The van der Waals surface area contributed by atoms with Crippen molar-refractivity contribution in [2.75, 3.05) is 26.2 Å². The Morgan fingerprint density at radius 2 is 0.773 bits per heavy atom. The normalized spacial score (nSPS) is 12.0. The lowest BCUT2D eigenvalue weighted by atomic mass is 10.1. The summed E-state index contributed by atoms with van der Waals surface area (Å²) in [6.45, 7) is 19.9. The second-order valence-corrected chi connectivity index (χ2v) is 7.76. The zero-order chi connectivity index (χ0) is 17.5. The molecule has 0 bridgehead atoms. The molecule has 0 N–H and O–H groups in total. The summed E-state index contributed by atoms with van der Waals surface area (Å²) in [6.07, 6.45) is 11.1. The Bertz CT molecular complexity index is 177. The predicted molar refractivity (Wildman–Crippen MR) is 99.1 cm³/mol. The Morgan fingerprint density at radius 3 is 0.909 bits per heavy atom. The van der Waals surface area contributed by atoms with Crippen LogP contribution < -0.4 is 5.11 Å². The molecule has 0 heterocycles. The van der Waals surface area contributed by atoms with Crippen molar-refractivity contribution >= 4 is 0 Å². The molecule has 0 saturated carbocycles. The average Bonchev–Trinajstić information content (AvgIpc) is 2.44. The van der Waals surface area contributed by atoms with Crippen molar-refractivity contribution in [2.45, 2.75) is 105 Å². The minimum absolute atomic E-state index is 0.750. The summed E-state index contributed by atoms with van der Waals surface area (Å²) in [7, 11) is 0. The van der Waals surface area contributed by atoms with Crippen molar-refractivity contribution in [1.82, 2.24) is 0 Å². The Kier molecular flexibility index (Phi) is 15.9. The van der Waals surface area contributed by atoms with Gasteiger partial charge in [-0.2, -0.15) is 0 Å². The van der Waals surface area contributed by atoms with Gasteiger partial charge in [-0.1, -0.05) is 74.1 Å². The monoisotopic (exact) mass is 315 g/mol. The molecule has 0 atom stereocenters. The maximum atomic E-state index is 10.1. The highest BCUT2D eigenvalue weighted by molar-refractivity contribution is 4.49. The lowest BCUT2D eigenvalue weighted by molar-refractivity contribution is -0.929. The second kappa shape index (κ2) is 14.5. The fraction of sp³-hybridized carbons (Fsp3) is 1.00. The second-order valence-electron chi connectivity index (χ2n) is 7.76. The molecule has 0 aliphatic carbocycles. The van der Waals surface area contributed by atoms with Crippen LogP contribution in [0, 0.1) is 0 Å². The summed E-state index contributed by atoms with van der Waals surface area (Å²) >= 11 is 0. The molecule has 0 unspecified atom stereocenters. The highest BCUT2D eigenvalue weighted by Gasteiger charge is 2.24. The van der Waals surface area contributed by atoms with Crippen LogP contribution in [-0.2, 0) is 0 Å². The first-order chi connectivity index (χ1) is 10.2. The lowest BCUT2D eigenvalue weighted by Gasteiger charge is -2.39. The van der Waals surface area contributed by atoms with E-state index >= 15 is 0 Å². The molecule has 0 aliphatic heterocycles. The van der Waals surface area contributed by atoms with Gasteiger partial charge in [-0.05, 0) is 25.7 Å². The first-order valence-electron chi connectivity index (χ1n) is 9.80. The van der Waals surface area contributed by atoms with E-state index in [0.717, 1.165) is 0 Å².